The Balaban J connectivity index is 1.84. The van der Waals surface area contributed by atoms with E-state index < -0.39 is 0 Å². The predicted molar refractivity (Wildman–Crippen MR) is 99.8 cm³/mol. The zero-order valence-electron chi connectivity index (χ0n) is 15.4. The molecule has 0 N–H and O–H groups in total. The minimum atomic E-state index is -0.0347. The summed E-state index contributed by atoms with van der Waals surface area (Å²) in [7, 11) is 1.65. The van der Waals surface area contributed by atoms with E-state index in [2.05, 4.69) is 13.0 Å². The first kappa shape index (κ1) is 17.3. The second-order valence-corrected chi connectivity index (χ2v) is 6.57. The van der Waals surface area contributed by atoms with Crippen LogP contribution in [0, 0.1) is 20.8 Å². The number of carbonyl (C=O) groups excluding carboxylic acids is 1. The normalized spacial score (nSPS) is 13.4. The Labute approximate surface area is 149 Å². The standard InChI is InChI=1S/C21H25NO3/c1-14-10-11-18(24-4)20-17(14)9-6-12-22(20)19(23)13-25-21-15(2)7-5-8-16(21)3/h5,7-8,10-11H,6,9,12-13H2,1-4H3. The van der Waals surface area contributed by atoms with Crippen LogP contribution in [0.25, 0.3) is 0 Å². The molecule has 1 heterocycles. The zero-order valence-corrected chi connectivity index (χ0v) is 15.4. The van der Waals surface area contributed by atoms with Gasteiger partial charge in [-0.3, -0.25) is 4.79 Å². The molecule has 0 spiro atoms. The first-order valence-electron chi connectivity index (χ1n) is 8.68. The highest BCUT2D eigenvalue weighted by Crippen LogP contribution is 2.38. The number of para-hydroxylation sites is 1. The molecular formula is C21H25NO3. The molecule has 0 saturated heterocycles. The molecule has 0 unspecified atom stereocenters. The van der Waals surface area contributed by atoms with Crippen molar-refractivity contribution in [1.29, 1.82) is 0 Å². The molecule has 2 aromatic carbocycles. The van der Waals surface area contributed by atoms with Crippen LogP contribution in [-0.4, -0.2) is 26.2 Å². The summed E-state index contributed by atoms with van der Waals surface area (Å²) in [6.07, 6.45) is 1.93. The monoisotopic (exact) mass is 339 g/mol. The van der Waals surface area contributed by atoms with Crippen LogP contribution < -0.4 is 14.4 Å². The zero-order chi connectivity index (χ0) is 18.0. The SMILES string of the molecule is COc1ccc(C)c2c1N(C(=O)COc1c(C)cccc1C)CCC2. The minimum absolute atomic E-state index is 0.0300. The van der Waals surface area contributed by atoms with Gasteiger partial charge in [0.05, 0.1) is 12.8 Å². The van der Waals surface area contributed by atoms with E-state index in [9.17, 15) is 4.79 Å². The molecular weight excluding hydrogens is 314 g/mol. The van der Waals surface area contributed by atoms with E-state index in [4.69, 9.17) is 9.47 Å². The molecule has 4 nitrogen and oxygen atoms in total. The van der Waals surface area contributed by atoms with Crippen molar-refractivity contribution in [2.75, 3.05) is 25.2 Å². The molecule has 4 heteroatoms. The van der Waals surface area contributed by atoms with Crippen LogP contribution in [0.15, 0.2) is 30.3 Å². The van der Waals surface area contributed by atoms with Crippen molar-refractivity contribution < 1.29 is 14.3 Å². The fraction of sp³-hybridized carbons (Fsp3) is 0.381. The molecule has 0 aliphatic carbocycles. The molecule has 1 aliphatic heterocycles. The van der Waals surface area contributed by atoms with Crippen LogP contribution in [-0.2, 0) is 11.2 Å². The number of hydrogen-bond acceptors (Lipinski definition) is 3. The molecule has 0 atom stereocenters. The number of nitrogens with zero attached hydrogens (tertiary/aromatic N) is 1. The van der Waals surface area contributed by atoms with Gasteiger partial charge in [-0.1, -0.05) is 24.3 Å². The number of amides is 1. The summed E-state index contributed by atoms with van der Waals surface area (Å²) in [5, 5.41) is 0. The van der Waals surface area contributed by atoms with Crippen molar-refractivity contribution in [3.63, 3.8) is 0 Å². The summed E-state index contributed by atoms with van der Waals surface area (Å²) in [6, 6.07) is 9.98. The molecule has 0 radical (unpaired) electrons. The Morgan fingerprint density at radius 1 is 1.08 bits per heavy atom. The number of aryl methyl sites for hydroxylation is 3. The summed E-state index contributed by atoms with van der Waals surface area (Å²) in [4.78, 5) is 14.7. The van der Waals surface area contributed by atoms with E-state index in [1.807, 2.05) is 43.0 Å². The summed E-state index contributed by atoms with van der Waals surface area (Å²) >= 11 is 0. The Kier molecular flexibility index (Phi) is 4.98. The Morgan fingerprint density at radius 3 is 2.48 bits per heavy atom. The van der Waals surface area contributed by atoms with E-state index in [0.29, 0.717) is 6.54 Å². The van der Waals surface area contributed by atoms with Gasteiger partial charge in [0.25, 0.3) is 5.91 Å². The summed E-state index contributed by atoms with van der Waals surface area (Å²) in [5.41, 5.74) is 5.39. The highest BCUT2D eigenvalue weighted by atomic mass is 16.5. The number of carbonyl (C=O) groups is 1. The van der Waals surface area contributed by atoms with Crippen molar-refractivity contribution in [2.45, 2.75) is 33.6 Å². The van der Waals surface area contributed by atoms with Crippen molar-refractivity contribution in [3.8, 4) is 11.5 Å². The number of methoxy groups -OCH3 is 1. The van der Waals surface area contributed by atoms with Crippen molar-refractivity contribution >= 4 is 11.6 Å². The van der Waals surface area contributed by atoms with E-state index in [0.717, 1.165) is 41.2 Å². The molecule has 25 heavy (non-hydrogen) atoms. The molecule has 0 fully saturated rings. The lowest BCUT2D eigenvalue weighted by Crippen LogP contribution is -2.39. The minimum Gasteiger partial charge on any atom is -0.495 e. The van der Waals surface area contributed by atoms with Crippen molar-refractivity contribution in [3.05, 3.63) is 52.6 Å². The Bertz CT molecular complexity index is 778. The highest BCUT2D eigenvalue weighted by molar-refractivity contribution is 5.97. The largest absolute Gasteiger partial charge is 0.495 e. The van der Waals surface area contributed by atoms with Gasteiger partial charge in [-0.15, -0.1) is 0 Å². The van der Waals surface area contributed by atoms with Crippen molar-refractivity contribution in [1.82, 2.24) is 0 Å². The summed E-state index contributed by atoms with van der Waals surface area (Å²) < 4.78 is 11.4. The molecule has 1 amide bonds. The van der Waals surface area contributed by atoms with Gasteiger partial charge in [0.2, 0.25) is 0 Å². The number of ether oxygens (including phenoxy) is 2. The second-order valence-electron chi connectivity index (χ2n) is 6.57. The van der Waals surface area contributed by atoms with Crippen LogP contribution in [0.5, 0.6) is 11.5 Å². The number of hydrogen-bond donors (Lipinski definition) is 0. The van der Waals surface area contributed by atoms with Gasteiger partial charge >= 0.3 is 0 Å². The summed E-state index contributed by atoms with van der Waals surface area (Å²) in [5.74, 6) is 1.51. The average Bonchev–Trinajstić information content (AvgIpc) is 2.61. The van der Waals surface area contributed by atoms with Gasteiger partial charge in [0.1, 0.15) is 11.5 Å². The molecule has 0 saturated carbocycles. The van der Waals surface area contributed by atoms with Crippen LogP contribution in [0.4, 0.5) is 5.69 Å². The number of anilines is 1. The lowest BCUT2D eigenvalue weighted by atomic mass is 9.96. The van der Waals surface area contributed by atoms with E-state index >= 15 is 0 Å². The van der Waals surface area contributed by atoms with E-state index in [-0.39, 0.29) is 12.5 Å². The lowest BCUT2D eigenvalue weighted by molar-refractivity contribution is -0.120. The smallest absolute Gasteiger partial charge is 0.265 e. The van der Waals surface area contributed by atoms with Gasteiger partial charge in [0, 0.05) is 6.54 Å². The molecule has 132 valence electrons. The van der Waals surface area contributed by atoms with E-state index in [1.165, 1.54) is 11.1 Å². The Hall–Kier alpha value is -2.49. The van der Waals surface area contributed by atoms with Crippen LogP contribution in [0.3, 0.4) is 0 Å². The molecule has 1 aliphatic rings. The second kappa shape index (κ2) is 7.18. The number of benzene rings is 2. The quantitative estimate of drug-likeness (QED) is 0.846. The highest BCUT2D eigenvalue weighted by Gasteiger charge is 2.27. The van der Waals surface area contributed by atoms with Crippen LogP contribution in [0.2, 0.25) is 0 Å². The Morgan fingerprint density at radius 2 is 1.80 bits per heavy atom. The summed E-state index contributed by atoms with van der Waals surface area (Å²) in [6.45, 7) is 6.80. The maximum absolute atomic E-state index is 12.9. The van der Waals surface area contributed by atoms with Gasteiger partial charge in [-0.2, -0.15) is 0 Å². The number of rotatable bonds is 4. The fourth-order valence-electron chi connectivity index (χ4n) is 3.51. The van der Waals surface area contributed by atoms with Gasteiger partial charge in [-0.05, 0) is 61.9 Å². The van der Waals surface area contributed by atoms with Crippen molar-refractivity contribution in [2.24, 2.45) is 0 Å². The lowest BCUT2D eigenvalue weighted by Gasteiger charge is -2.32. The molecule has 0 aromatic heterocycles. The van der Waals surface area contributed by atoms with Gasteiger partial charge in [-0.25, -0.2) is 0 Å². The molecule has 3 rings (SSSR count). The van der Waals surface area contributed by atoms with Gasteiger partial charge in [0.15, 0.2) is 6.61 Å². The predicted octanol–water partition coefficient (Wildman–Crippen LogP) is 3.98. The topological polar surface area (TPSA) is 38.8 Å². The van der Waals surface area contributed by atoms with Crippen LogP contribution >= 0.6 is 0 Å². The molecule has 0 bridgehead atoms. The molecule has 2 aromatic rings. The third-order valence-electron chi connectivity index (χ3n) is 4.83. The number of fused-ring (bicyclic) bond motifs is 1. The maximum atomic E-state index is 12.9. The first-order valence-corrected chi connectivity index (χ1v) is 8.68. The van der Waals surface area contributed by atoms with Crippen LogP contribution in [0.1, 0.15) is 28.7 Å². The third-order valence-corrected chi connectivity index (χ3v) is 4.83. The first-order chi connectivity index (χ1) is 12.0. The van der Waals surface area contributed by atoms with E-state index in [1.54, 1.807) is 7.11 Å². The average molecular weight is 339 g/mol. The fourth-order valence-corrected chi connectivity index (χ4v) is 3.51. The maximum Gasteiger partial charge on any atom is 0.265 e. The van der Waals surface area contributed by atoms with Gasteiger partial charge < -0.3 is 14.4 Å². The third kappa shape index (κ3) is 3.34.